The summed E-state index contributed by atoms with van der Waals surface area (Å²) in [5.74, 6) is 0. The molecule has 0 rings (SSSR count). The van der Waals surface area contributed by atoms with Gasteiger partial charge in [0.05, 0.1) is 0 Å². The van der Waals surface area contributed by atoms with Crippen LogP contribution in [0, 0.1) is 0 Å². The molecule has 0 aromatic rings. The predicted molar refractivity (Wildman–Crippen MR) is 54.3 cm³/mol. The molecular weight excluding hydrogens is 265 g/mol. The van der Waals surface area contributed by atoms with Gasteiger partial charge in [-0.25, -0.2) is 0 Å². The molecule has 0 aromatic heterocycles. The first-order valence-electron chi connectivity index (χ1n) is 4.70. The van der Waals surface area contributed by atoms with E-state index in [1.807, 2.05) is 6.92 Å². The molecule has 0 saturated carbocycles. The number of halogens is 3. The van der Waals surface area contributed by atoms with Crippen LogP contribution in [0.3, 0.4) is 0 Å². The first kappa shape index (κ1) is 15.9. The quantitative estimate of drug-likeness (QED) is 0.325. The third-order valence-electron chi connectivity index (χ3n) is 1.77. The third kappa shape index (κ3) is 5.28. The Kier molecular flexibility index (Phi) is 5.43. The topological polar surface area (TPSA) is 52.6 Å². The van der Waals surface area contributed by atoms with Crippen molar-refractivity contribution in [2.45, 2.75) is 44.4 Å². The van der Waals surface area contributed by atoms with Crippen molar-refractivity contribution in [2.75, 3.05) is 0 Å². The van der Waals surface area contributed by atoms with Gasteiger partial charge in [-0.2, -0.15) is 21.6 Å². The van der Waals surface area contributed by atoms with Crippen LogP contribution in [0.4, 0.5) is 13.2 Å². The average molecular weight is 280 g/mol. The SMILES string of the molecule is CCCC[Si](C)(C)OOS(=O)(=O)C(F)(F)F. The fourth-order valence-electron chi connectivity index (χ4n) is 0.820. The lowest BCUT2D eigenvalue weighted by Gasteiger charge is -2.20. The maximum absolute atomic E-state index is 11.9. The van der Waals surface area contributed by atoms with E-state index in [1.165, 1.54) is 0 Å². The number of unbranched alkanes of at least 4 members (excludes halogenated alkanes) is 1. The molecule has 0 aliphatic carbocycles. The molecule has 4 nitrogen and oxygen atoms in total. The molecule has 0 heterocycles. The van der Waals surface area contributed by atoms with Crippen molar-refractivity contribution in [1.29, 1.82) is 0 Å². The van der Waals surface area contributed by atoms with E-state index in [1.54, 1.807) is 13.1 Å². The monoisotopic (exact) mass is 280 g/mol. The summed E-state index contributed by atoms with van der Waals surface area (Å²) >= 11 is 0. The van der Waals surface area contributed by atoms with Gasteiger partial charge in [0.15, 0.2) is 0 Å². The summed E-state index contributed by atoms with van der Waals surface area (Å²) in [6.45, 7) is 5.10. The van der Waals surface area contributed by atoms with Gasteiger partial charge in [-0.15, -0.1) is 4.33 Å². The highest BCUT2D eigenvalue weighted by atomic mass is 32.2. The van der Waals surface area contributed by atoms with Gasteiger partial charge in [-0.05, 0) is 19.1 Å². The van der Waals surface area contributed by atoms with Gasteiger partial charge in [0.2, 0.25) is 8.32 Å². The second kappa shape index (κ2) is 5.47. The lowest BCUT2D eigenvalue weighted by Crippen LogP contribution is -2.35. The van der Waals surface area contributed by atoms with Gasteiger partial charge in [-0.1, -0.05) is 19.8 Å². The van der Waals surface area contributed by atoms with Crippen LogP contribution in [0.5, 0.6) is 0 Å². The molecule has 0 N–H and O–H groups in total. The van der Waals surface area contributed by atoms with Crippen LogP contribution in [-0.2, 0) is 19.0 Å². The highest BCUT2D eigenvalue weighted by Gasteiger charge is 2.49. The molecule has 0 unspecified atom stereocenters. The third-order valence-corrected chi connectivity index (χ3v) is 4.79. The summed E-state index contributed by atoms with van der Waals surface area (Å²) in [4.78, 5) is 0. The van der Waals surface area contributed by atoms with E-state index in [0.29, 0.717) is 6.04 Å². The zero-order valence-corrected chi connectivity index (χ0v) is 11.1. The van der Waals surface area contributed by atoms with E-state index in [9.17, 15) is 21.6 Å². The highest BCUT2D eigenvalue weighted by molar-refractivity contribution is 7.87. The minimum atomic E-state index is -5.64. The molecule has 9 heteroatoms. The van der Waals surface area contributed by atoms with E-state index in [2.05, 4.69) is 8.91 Å². The van der Waals surface area contributed by atoms with Crippen LogP contribution < -0.4 is 0 Å². The van der Waals surface area contributed by atoms with Crippen molar-refractivity contribution in [2.24, 2.45) is 0 Å². The Labute approximate surface area is 93.9 Å². The molecule has 98 valence electrons. The minimum absolute atomic E-state index is 0.539. The second-order valence-corrected chi connectivity index (χ2v) is 9.61. The van der Waals surface area contributed by atoms with Crippen LogP contribution >= 0.6 is 0 Å². The van der Waals surface area contributed by atoms with Crippen molar-refractivity contribution >= 4 is 18.4 Å². The van der Waals surface area contributed by atoms with Crippen LogP contribution in [0.2, 0.25) is 19.1 Å². The Hall–Kier alpha value is -0.123. The number of alkyl halides is 3. The van der Waals surface area contributed by atoms with E-state index in [-0.39, 0.29) is 0 Å². The predicted octanol–water partition coefficient (Wildman–Crippen LogP) is 2.79. The van der Waals surface area contributed by atoms with Crippen molar-refractivity contribution < 1.29 is 30.5 Å². The molecule has 0 atom stereocenters. The van der Waals surface area contributed by atoms with Gasteiger partial charge in [-0.3, -0.25) is 4.58 Å². The number of hydrogen-bond donors (Lipinski definition) is 0. The van der Waals surface area contributed by atoms with Gasteiger partial charge >= 0.3 is 15.6 Å². The molecule has 0 amide bonds. The molecule has 0 aliphatic rings. The normalized spacial score (nSPS) is 14.1. The van der Waals surface area contributed by atoms with Gasteiger partial charge in [0, 0.05) is 0 Å². The molecule has 0 spiro atoms. The molecule has 0 radical (unpaired) electrons. The summed E-state index contributed by atoms with van der Waals surface area (Å²) in [6.07, 6.45) is 1.61. The average Bonchev–Trinajstić information content (AvgIpc) is 2.10. The smallest absolute Gasteiger partial charge is 0.270 e. The lowest BCUT2D eigenvalue weighted by molar-refractivity contribution is -0.137. The van der Waals surface area contributed by atoms with Crippen molar-refractivity contribution in [1.82, 2.24) is 0 Å². The molecule has 0 saturated heterocycles. The highest BCUT2D eigenvalue weighted by Crippen LogP contribution is 2.26. The summed E-state index contributed by atoms with van der Waals surface area (Å²) in [7, 11) is -8.16. The van der Waals surface area contributed by atoms with Crippen LogP contribution in [0.25, 0.3) is 0 Å². The maximum atomic E-state index is 11.9. The van der Waals surface area contributed by atoms with Crippen LogP contribution in [-0.4, -0.2) is 22.2 Å². The number of rotatable bonds is 6. The number of hydrogen-bond acceptors (Lipinski definition) is 4. The Morgan fingerprint density at radius 1 is 1.25 bits per heavy atom. The van der Waals surface area contributed by atoms with E-state index >= 15 is 0 Å². The van der Waals surface area contributed by atoms with Crippen LogP contribution in [0.1, 0.15) is 19.8 Å². The standard InChI is InChI=1S/C7H15F3O4SSi/c1-4-5-6-16(2,3)14-13-15(11,12)7(8,9)10/h4-6H2,1-3H3. The lowest BCUT2D eigenvalue weighted by atomic mass is 10.4. The fraction of sp³-hybridized carbons (Fsp3) is 1.00. The minimum Gasteiger partial charge on any atom is -0.270 e. The molecule has 0 bridgehead atoms. The van der Waals surface area contributed by atoms with E-state index in [0.717, 1.165) is 12.8 Å². The first-order chi connectivity index (χ1) is 7.02. The summed E-state index contributed by atoms with van der Waals surface area (Å²) in [6, 6.07) is 0.539. The summed E-state index contributed by atoms with van der Waals surface area (Å²) in [5, 5.41) is 0. The Balaban J connectivity index is 4.35. The Bertz CT molecular complexity index is 312. The van der Waals surface area contributed by atoms with Gasteiger partial charge < -0.3 is 0 Å². The molecule has 0 fully saturated rings. The zero-order chi connectivity index (χ0) is 13.0. The van der Waals surface area contributed by atoms with Gasteiger partial charge in [0.25, 0.3) is 0 Å². The molecule has 0 aromatic carbocycles. The largest absolute Gasteiger partial charge is 0.525 e. The summed E-state index contributed by atoms with van der Waals surface area (Å²) < 4.78 is 64.7. The van der Waals surface area contributed by atoms with E-state index in [4.69, 9.17) is 0 Å². The molecular formula is C7H15F3O4SSi. The molecule has 0 aliphatic heterocycles. The maximum Gasteiger partial charge on any atom is 0.525 e. The Morgan fingerprint density at radius 3 is 2.12 bits per heavy atom. The van der Waals surface area contributed by atoms with E-state index < -0.39 is 23.9 Å². The van der Waals surface area contributed by atoms with Gasteiger partial charge in [0.1, 0.15) is 0 Å². The molecule has 16 heavy (non-hydrogen) atoms. The first-order valence-corrected chi connectivity index (χ1v) is 9.23. The van der Waals surface area contributed by atoms with Crippen molar-refractivity contribution in [3.63, 3.8) is 0 Å². The van der Waals surface area contributed by atoms with Crippen molar-refractivity contribution in [3.05, 3.63) is 0 Å². The fourth-order valence-corrected chi connectivity index (χ4v) is 3.28. The second-order valence-electron chi connectivity index (χ2n) is 3.91. The van der Waals surface area contributed by atoms with Crippen molar-refractivity contribution in [3.8, 4) is 0 Å². The Morgan fingerprint density at radius 2 is 1.75 bits per heavy atom. The van der Waals surface area contributed by atoms with Crippen LogP contribution in [0.15, 0.2) is 0 Å². The summed E-state index contributed by atoms with van der Waals surface area (Å²) in [5.41, 5.74) is -5.44. The zero-order valence-electron chi connectivity index (χ0n) is 9.30.